The minimum Gasteiger partial charge on any atom is -0.354 e. The maximum Gasteiger partial charge on any atom is 0.416 e. The highest BCUT2D eigenvalue weighted by molar-refractivity contribution is 6.36. The van der Waals surface area contributed by atoms with Gasteiger partial charge in [0, 0.05) is 27.1 Å². The molecule has 7 heteroatoms. The summed E-state index contributed by atoms with van der Waals surface area (Å²) in [4.78, 5) is 14.4. The number of aromatic nitrogens is 1. The van der Waals surface area contributed by atoms with Crippen LogP contribution in [-0.4, -0.2) is 11.3 Å². The van der Waals surface area contributed by atoms with Gasteiger partial charge in [-0.1, -0.05) is 23.2 Å². The number of nitrogens with one attached hydrogen (secondary N) is 1. The number of hydrogen-bond donors (Lipinski definition) is 1. The number of fused-ring (bicyclic) bond motifs is 1. The van der Waals surface area contributed by atoms with Crippen molar-refractivity contribution in [3.8, 4) is 11.3 Å². The summed E-state index contributed by atoms with van der Waals surface area (Å²) in [5.41, 5.74) is 0.566. The van der Waals surface area contributed by atoms with Crippen molar-refractivity contribution in [1.82, 2.24) is 4.98 Å². The molecule has 0 saturated carbocycles. The highest BCUT2D eigenvalue weighted by Crippen LogP contribution is 2.37. The van der Waals surface area contributed by atoms with Crippen LogP contribution in [0.15, 0.2) is 36.4 Å². The van der Waals surface area contributed by atoms with Crippen LogP contribution in [0.25, 0.3) is 22.2 Å². The number of benzene rings is 2. The average molecular weight is 358 g/mol. The molecule has 0 aliphatic carbocycles. The molecule has 118 valence electrons. The second kappa shape index (κ2) is 5.58. The minimum atomic E-state index is -4.48. The van der Waals surface area contributed by atoms with Crippen molar-refractivity contribution < 1.29 is 18.0 Å². The summed E-state index contributed by atoms with van der Waals surface area (Å²) in [7, 11) is 0. The Kier molecular flexibility index (Phi) is 3.86. The number of aldehydes is 1. The predicted molar refractivity (Wildman–Crippen MR) is 84.1 cm³/mol. The molecule has 1 N–H and O–H groups in total. The van der Waals surface area contributed by atoms with Crippen molar-refractivity contribution in [1.29, 1.82) is 0 Å². The van der Waals surface area contributed by atoms with Gasteiger partial charge in [-0.15, -0.1) is 0 Å². The fraction of sp³-hybridized carbons (Fsp3) is 0.0625. The molecule has 3 aromatic rings. The second-order valence-corrected chi connectivity index (χ2v) is 5.76. The lowest BCUT2D eigenvalue weighted by molar-refractivity contribution is -0.137. The summed E-state index contributed by atoms with van der Waals surface area (Å²) in [5.74, 6) is 0. The zero-order valence-corrected chi connectivity index (χ0v) is 12.9. The van der Waals surface area contributed by atoms with Crippen molar-refractivity contribution in [2.75, 3.05) is 0 Å². The summed E-state index contributed by atoms with van der Waals surface area (Å²) in [6, 6.07) is 7.89. The van der Waals surface area contributed by atoms with E-state index in [2.05, 4.69) is 4.98 Å². The zero-order chi connectivity index (χ0) is 16.8. The van der Waals surface area contributed by atoms with E-state index in [9.17, 15) is 18.0 Å². The van der Waals surface area contributed by atoms with Gasteiger partial charge in [0.15, 0.2) is 6.29 Å². The summed E-state index contributed by atoms with van der Waals surface area (Å²) in [5, 5.41) is 0.904. The maximum atomic E-state index is 12.9. The molecule has 0 spiro atoms. The molecule has 0 bridgehead atoms. The van der Waals surface area contributed by atoms with Gasteiger partial charge in [-0.3, -0.25) is 4.79 Å². The largest absolute Gasteiger partial charge is 0.416 e. The van der Waals surface area contributed by atoms with Gasteiger partial charge >= 0.3 is 6.18 Å². The van der Waals surface area contributed by atoms with Gasteiger partial charge in [0.25, 0.3) is 0 Å². The van der Waals surface area contributed by atoms with Crippen LogP contribution >= 0.6 is 23.2 Å². The van der Waals surface area contributed by atoms with Crippen molar-refractivity contribution in [3.05, 3.63) is 57.6 Å². The molecule has 0 amide bonds. The van der Waals surface area contributed by atoms with Gasteiger partial charge in [-0.2, -0.15) is 13.2 Å². The Hall–Kier alpha value is -1.98. The van der Waals surface area contributed by atoms with E-state index in [1.54, 1.807) is 12.1 Å². The third-order valence-electron chi connectivity index (χ3n) is 3.48. The maximum absolute atomic E-state index is 12.9. The van der Waals surface area contributed by atoms with Crippen LogP contribution in [-0.2, 0) is 6.18 Å². The Balaban J connectivity index is 2.28. The smallest absolute Gasteiger partial charge is 0.354 e. The molecular weight excluding hydrogens is 350 g/mol. The first kappa shape index (κ1) is 15.9. The first-order valence-electron chi connectivity index (χ1n) is 6.45. The van der Waals surface area contributed by atoms with E-state index in [-0.39, 0.29) is 10.9 Å². The van der Waals surface area contributed by atoms with E-state index in [0.29, 0.717) is 33.1 Å². The molecule has 1 aromatic heterocycles. The van der Waals surface area contributed by atoms with Crippen molar-refractivity contribution >= 4 is 40.4 Å². The number of hydrogen-bond acceptors (Lipinski definition) is 1. The number of halogens is 5. The SMILES string of the molecule is O=Cc1c(-c2ccc(Cl)cc2Cl)[nH]c2ccc(C(F)(F)F)cc12. The predicted octanol–water partition coefficient (Wildman–Crippen LogP) is 5.97. The van der Waals surface area contributed by atoms with Crippen LogP contribution in [0.3, 0.4) is 0 Å². The molecule has 0 aliphatic heterocycles. The van der Waals surface area contributed by atoms with Gasteiger partial charge < -0.3 is 4.98 Å². The Morgan fingerprint density at radius 2 is 1.78 bits per heavy atom. The number of carbonyl (C=O) groups excluding carboxylic acids is 1. The standard InChI is InChI=1S/C16H8Cl2F3NO/c17-9-2-3-10(13(18)6-9)15-12(7-23)11-5-8(16(19,20)21)1-4-14(11)22-15/h1-7,22H. The van der Waals surface area contributed by atoms with Crippen LogP contribution < -0.4 is 0 Å². The van der Waals surface area contributed by atoms with Crippen molar-refractivity contribution in [2.24, 2.45) is 0 Å². The molecule has 0 unspecified atom stereocenters. The number of aromatic amines is 1. The number of alkyl halides is 3. The Labute approximate surface area is 138 Å². The molecule has 23 heavy (non-hydrogen) atoms. The summed E-state index contributed by atoms with van der Waals surface area (Å²) in [6.07, 6.45) is -3.97. The number of rotatable bonds is 2. The van der Waals surface area contributed by atoms with Gasteiger partial charge in [0.1, 0.15) is 0 Å². The normalized spacial score (nSPS) is 11.9. The molecule has 0 radical (unpaired) electrons. The van der Waals surface area contributed by atoms with Crippen molar-refractivity contribution in [3.63, 3.8) is 0 Å². The van der Waals surface area contributed by atoms with Crippen LogP contribution in [0.5, 0.6) is 0 Å². The highest BCUT2D eigenvalue weighted by Gasteiger charge is 2.31. The summed E-state index contributed by atoms with van der Waals surface area (Å²) in [6.45, 7) is 0. The van der Waals surface area contributed by atoms with Crippen LogP contribution in [0, 0.1) is 0 Å². The van der Waals surface area contributed by atoms with E-state index in [1.807, 2.05) is 0 Å². The molecule has 1 heterocycles. The average Bonchev–Trinajstić information content (AvgIpc) is 2.83. The lowest BCUT2D eigenvalue weighted by Crippen LogP contribution is -2.04. The lowest BCUT2D eigenvalue weighted by atomic mass is 10.0. The van der Waals surface area contributed by atoms with E-state index < -0.39 is 11.7 Å². The molecule has 0 saturated heterocycles. The fourth-order valence-electron chi connectivity index (χ4n) is 2.42. The van der Waals surface area contributed by atoms with Crippen LogP contribution in [0.4, 0.5) is 13.2 Å². The first-order chi connectivity index (χ1) is 10.8. The third kappa shape index (κ3) is 2.82. The third-order valence-corrected chi connectivity index (χ3v) is 4.03. The molecule has 3 rings (SSSR count). The quantitative estimate of drug-likeness (QED) is 0.562. The molecule has 0 fully saturated rings. The highest BCUT2D eigenvalue weighted by atomic mass is 35.5. The van der Waals surface area contributed by atoms with E-state index in [0.717, 1.165) is 12.1 Å². The first-order valence-corrected chi connectivity index (χ1v) is 7.20. The second-order valence-electron chi connectivity index (χ2n) is 4.91. The number of H-pyrrole nitrogens is 1. The fourth-order valence-corrected chi connectivity index (χ4v) is 2.92. The Morgan fingerprint density at radius 3 is 2.39 bits per heavy atom. The monoisotopic (exact) mass is 357 g/mol. The van der Waals surface area contributed by atoms with Gasteiger partial charge in [-0.05, 0) is 36.4 Å². The Bertz CT molecular complexity index is 916. The van der Waals surface area contributed by atoms with E-state index >= 15 is 0 Å². The summed E-state index contributed by atoms with van der Waals surface area (Å²) >= 11 is 12.0. The molecule has 0 atom stereocenters. The van der Waals surface area contributed by atoms with Crippen LogP contribution in [0.1, 0.15) is 15.9 Å². The molecule has 2 aromatic carbocycles. The molecule has 2 nitrogen and oxygen atoms in total. The minimum absolute atomic E-state index is 0.121. The Morgan fingerprint density at radius 1 is 1.04 bits per heavy atom. The lowest BCUT2D eigenvalue weighted by Gasteiger charge is -2.06. The van der Waals surface area contributed by atoms with E-state index in [4.69, 9.17) is 23.2 Å². The van der Waals surface area contributed by atoms with Gasteiger partial charge in [0.05, 0.1) is 16.3 Å². The van der Waals surface area contributed by atoms with Gasteiger partial charge in [0.2, 0.25) is 0 Å². The molecule has 0 aliphatic rings. The van der Waals surface area contributed by atoms with Crippen LogP contribution in [0.2, 0.25) is 10.0 Å². The number of carbonyl (C=O) groups is 1. The zero-order valence-electron chi connectivity index (χ0n) is 11.3. The van der Waals surface area contributed by atoms with Gasteiger partial charge in [-0.25, -0.2) is 0 Å². The molecular formula is C16H8Cl2F3NO. The van der Waals surface area contributed by atoms with Crippen molar-refractivity contribution in [2.45, 2.75) is 6.18 Å². The van der Waals surface area contributed by atoms with E-state index in [1.165, 1.54) is 12.1 Å². The summed E-state index contributed by atoms with van der Waals surface area (Å²) < 4.78 is 38.6. The topological polar surface area (TPSA) is 32.9 Å².